The molecule has 1 N–H and O–H groups in total. The standard InChI is InChI=1S/C19H21FN2O2S/c1-21-13-5-6-14(21)10-15(9-13)22(19(23)24)18-16(3-2-4-17(18)20)12-7-8-25-11-12/h2-4,7-8,11,13-15H,5-6,9-10H2,1H3,(H,23,24). The fraction of sp³-hybridized carbons (Fsp3) is 0.421. The van der Waals surface area contributed by atoms with Gasteiger partial charge in [0.1, 0.15) is 5.82 Å². The van der Waals surface area contributed by atoms with Crippen LogP contribution in [0.15, 0.2) is 35.0 Å². The third kappa shape index (κ3) is 2.83. The largest absolute Gasteiger partial charge is 0.465 e. The summed E-state index contributed by atoms with van der Waals surface area (Å²) in [5.74, 6) is -0.475. The highest BCUT2D eigenvalue weighted by Gasteiger charge is 2.43. The molecule has 25 heavy (non-hydrogen) atoms. The Bertz CT molecular complexity index is 766. The number of halogens is 1. The molecule has 2 unspecified atom stereocenters. The summed E-state index contributed by atoms with van der Waals surface area (Å²) in [6, 6.07) is 7.31. The van der Waals surface area contributed by atoms with Crippen LogP contribution in [0.3, 0.4) is 0 Å². The Balaban J connectivity index is 1.77. The normalized spacial score (nSPS) is 25.9. The van der Waals surface area contributed by atoms with E-state index in [-0.39, 0.29) is 11.7 Å². The molecule has 4 rings (SSSR count). The van der Waals surface area contributed by atoms with Crippen LogP contribution in [0.5, 0.6) is 0 Å². The molecule has 4 nitrogen and oxygen atoms in total. The van der Waals surface area contributed by atoms with Gasteiger partial charge in [-0.2, -0.15) is 11.3 Å². The van der Waals surface area contributed by atoms with Crippen LogP contribution in [-0.2, 0) is 0 Å². The first-order chi connectivity index (χ1) is 12.1. The van der Waals surface area contributed by atoms with Gasteiger partial charge in [-0.15, -0.1) is 0 Å². The van der Waals surface area contributed by atoms with Gasteiger partial charge in [-0.1, -0.05) is 12.1 Å². The molecule has 2 saturated heterocycles. The van der Waals surface area contributed by atoms with Crippen molar-refractivity contribution in [2.45, 2.75) is 43.8 Å². The van der Waals surface area contributed by atoms with Gasteiger partial charge in [0.2, 0.25) is 0 Å². The van der Waals surface area contributed by atoms with Gasteiger partial charge >= 0.3 is 6.09 Å². The topological polar surface area (TPSA) is 43.8 Å². The third-order valence-corrected chi connectivity index (χ3v) is 6.39. The van der Waals surface area contributed by atoms with Crippen LogP contribution >= 0.6 is 11.3 Å². The van der Waals surface area contributed by atoms with Crippen molar-refractivity contribution in [3.8, 4) is 11.1 Å². The Morgan fingerprint density at radius 1 is 1.28 bits per heavy atom. The number of amides is 1. The van der Waals surface area contributed by atoms with Crippen molar-refractivity contribution < 1.29 is 14.3 Å². The number of fused-ring (bicyclic) bond motifs is 2. The van der Waals surface area contributed by atoms with Crippen molar-refractivity contribution in [1.82, 2.24) is 4.90 Å². The Labute approximate surface area is 150 Å². The predicted molar refractivity (Wildman–Crippen MR) is 97.8 cm³/mol. The minimum atomic E-state index is -1.07. The predicted octanol–water partition coefficient (Wildman–Crippen LogP) is 4.66. The number of carboxylic acid groups (broad SMARTS) is 1. The number of hydrogen-bond donors (Lipinski definition) is 1. The van der Waals surface area contributed by atoms with Crippen LogP contribution in [0.4, 0.5) is 14.9 Å². The number of hydrogen-bond acceptors (Lipinski definition) is 3. The summed E-state index contributed by atoms with van der Waals surface area (Å²) in [6.45, 7) is 0. The molecule has 2 aromatic rings. The Morgan fingerprint density at radius 3 is 2.60 bits per heavy atom. The van der Waals surface area contributed by atoms with Crippen molar-refractivity contribution in [2.24, 2.45) is 0 Å². The lowest BCUT2D eigenvalue weighted by Crippen LogP contribution is -2.51. The van der Waals surface area contributed by atoms with Gasteiger partial charge in [-0.25, -0.2) is 9.18 Å². The van der Waals surface area contributed by atoms with Gasteiger partial charge in [-0.05, 0) is 61.2 Å². The zero-order chi connectivity index (χ0) is 17.6. The van der Waals surface area contributed by atoms with Crippen LogP contribution in [0.25, 0.3) is 11.1 Å². The molecule has 0 aliphatic carbocycles. The van der Waals surface area contributed by atoms with Crippen molar-refractivity contribution in [2.75, 3.05) is 11.9 Å². The third-order valence-electron chi connectivity index (χ3n) is 5.70. The Morgan fingerprint density at radius 2 is 2.00 bits per heavy atom. The first kappa shape index (κ1) is 16.5. The molecule has 0 saturated carbocycles. The highest BCUT2D eigenvalue weighted by atomic mass is 32.1. The van der Waals surface area contributed by atoms with E-state index in [0.29, 0.717) is 17.6 Å². The smallest absolute Gasteiger partial charge is 0.412 e. The molecule has 6 heteroatoms. The van der Waals surface area contributed by atoms with Crippen LogP contribution in [0.2, 0.25) is 0 Å². The SMILES string of the molecule is CN1C2CCC1CC(N(C(=O)O)c1c(F)cccc1-c1ccsc1)C2. The molecule has 0 radical (unpaired) electrons. The number of nitrogens with zero attached hydrogens (tertiary/aromatic N) is 2. The summed E-state index contributed by atoms with van der Waals surface area (Å²) in [7, 11) is 2.11. The van der Waals surface area contributed by atoms with E-state index in [0.717, 1.165) is 31.2 Å². The molecule has 2 aliphatic heterocycles. The number of benzene rings is 1. The molecular weight excluding hydrogens is 339 g/mol. The minimum absolute atomic E-state index is 0.180. The van der Waals surface area contributed by atoms with Crippen molar-refractivity contribution in [1.29, 1.82) is 0 Å². The zero-order valence-electron chi connectivity index (χ0n) is 14.1. The molecule has 2 bridgehead atoms. The second-order valence-electron chi connectivity index (χ2n) is 6.98. The van der Waals surface area contributed by atoms with Gasteiger partial charge in [0.15, 0.2) is 0 Å². The molecule has 132 valence electrons. The monoisotopic (exact) mass is 360 g/mol. The van der Waals surface area contributed by atoms with Crippen molar-refractivity contribution in [3.63, 3.8) is 0 Å². The summed E-state index contributed by atoms with van der Waals surface area (Å²) in [6.07, 6.45) is 2.64. The number of anilines is 1. The zero-order valence-corrected chi connectivity index (χ0v) is 14.9. The number of para-hydroxylation sites is 1. The maximum absolute atomic E-state index is 14.8. The highest BCUT2D eigenvalue weighted by molar-refractivity contribution is 7.08. The van der Waals surface area contributed by atoms with Crippen LogP contribution in [0, 0.1) is 5.82 Å². The highest BCUT2D eigenvalue weighted by Crippen LogP contribution is 2.41. The first-order valence-corrected chi connectivity index (χ1v) is 9.55. The van der Waals surface area contributed by atoms with Crippen LogP contribution in [-0.4, -0.2) is 41.3 Å². The summed E-state index contributed by atoms with van der Waals surface area (Å²) >= 11 is 1.52. The average molecular weight is 360 g/mol. The molecule has 2 atom stereocenters. The Hall–Kier alpha value is -1.92. The lowest BCUT2D eigenvalue weighted by Gasteiger charge is -2.41. The van der Waals surface area contributed by atoms with E-state index < -0.39 is 11.9 Å². The van der Waals surface area contributed by atoms with E-state index in [4.69, 9.17) is 0 Å². The van der Waals surface area contributed by atoms with E-state index in [1.54, 1.807) is 12.1 Å². The van der Waals surface area contributed by atoms with Gasteiger partial charge < -0.3 is 10.0 Å². The van der Waals surface area contributed by atoms with E-state index in [1.165, 1.54) is 22.3 Å². The maximum atomic E-state index is 14.8. The molecule has 1 amide bonds. The molecular formula is C19H21FN2O2S. The average Bonchev–Trinajstić information content (AvgIpc) is 3.16. The lowest BCUT2D eigenvalue weighted by atomic mass is 9.95. The molecule has 2 fully saturated rings. The quantitative estimate of drug-likeness (QED) is 0.865. The molecule has 1 aromatic heterocycles. The van der Waals surface area contributed by atoms with Crippen molar-refractivity contribution in [3.05, 3.63) is 40.8 Å². The van der Waals surface area contributed by atoms with E-state index in [9.17, 15) is 14.3 Å². The molecule has 2 aliphatic rings. The number of piperidine rings is 1. The lowest BCUT2D eigenvalue weighted by molar-refractivity contribution is 0.151. The fourth-order valence-electron chi connectivity index (χ4n) is 4.44. The van der Waals surface area contributed by atoms with E-state index in [2.05, 4.69) is 11.9 Å². The number of thiophene rings is 1. The molecule has 0 spiro atoms. The van der Waals surface area contributed by atoms with E-state index in [1.807, 2.05) is 16.8 Å². The minimum Gasteiger partial charge on any atom is -0.465 e. The second kappa shape index (κ2) is 6.42. The second-order valence-corrected chi connectivity index (χ2v) is 7.76. The molecule has 3 heterocycles. The van der Waals surface area contributed by atoms with Gasteiger partial charge in [-0.3, -0.25) is 4.90 Å². The summed E-state index contributed by atoms with van der Waals surface area (Å²) < 4.78 is 14.8. The fourth-order valence-corrected chi connectivity index (χ4v) is 5.09. The first-order valence-electron chi connectivity index (χ1n) is 8.61. The van der Waals surface area contributed by atoms with Crippen LogP contribution < -0.4 is 4.90 Å². The van der Waals surface area contributed by atoms with Crippen LogP contribution in [0.1, 0.15) is 25.7 Å². The number of carbonyl (C=O) groups is 1. The maximum Gasteiger partial charge on any atom is 0.412 e. The Kier molecular flexibility index (Phi) is 4.25. The van der Waals surface area contributed by atoms with Crippen molar-refractivity contribution >= 4 is 23.1 Å². The summed E-state index contributed by atoms with van der Waals surface area (Å²) in [5.41, 5.74) is 1.71. The van der Waals surface area contributed by atoms with Gasteiger partial charge in [0.25, 0.3) is 0 Å². The van der Waals surface area contributed by atoms with E-state index >= 15 is 0 Å². The van der Waals surface area contributed by atoms with Gasteiger partial charge in [0, 0.05) is 23.7 Å². The molecule has 1 aromatic carbocycles. The number of rotatable bonds is 3. The summed E-state index contributed by atoms with van der Waals surface area (Å²) in [5, 5.41) is 13.8. The van der Waals surface area contributed by atoms with Gasteiger partial charge in [0.05, 0.1) is 5.69 Å². The summed E-state index contributed by atoms with van der Waals surface area (Å²) in [4.78, 5) is 15.8.